The van der Waals surface area contributed by atoms with E-state index in [4.69, 9.17) is 9.15 Å². The first-order valence-corrected chi connectivity index (χ1v) is 5.91. The molecule has 2 aromatic carbocycles. The summed E-state index contributed by atoms with van der Waals surface area (Å²) in [4.78, 5) is 0. The van der Waals surface area contributed by atoms with Crippen LogP contribution in [0.4, 0.5) is 0 Å². The molecule has 1 aromatic heterocycles. The molecule has 0 aliphatic rings. The average molecular weight is 238 g/mol. The maximum absolute atomic E-state index is 5.63. The zero-order valence-corrected chi connectivity index (χ0v) is 10.4. The summed E-state index contributed by atoms with van der Waals surface area (Å²) in [6, 6.07) is 14.4. The minimum Gasteiger partial charge on any atom is -0.493 e. The fourth-order valence-electron chi connectivity index (χ4n) is 2.15. The van der Waals surface area contributed by atoms with Gasteiger partial charge < -0.3 is 9.15 Å². The van der Waals surface area contributed by atoms with Crippen molar-refractivity contribution in [2.24, 2.45) is 0 Å². The van der Waals surface area contributed by atoms with Gasteiger partial charge in [0.1, 0.15) is 0 Å². The average Bonchev–Trinajstić information content (AvgIpc) is 2.83. The molecule has 0 radical (unpaired) electrons. The van der Waals surface area contributed by atoms with Crippen LogP contribution in [0.1, 0.15) is 5.56 Å². The summed E-state index contributed by atoms with van der Waals surface area (Å²) in [6.07, 6.45) is 1.79. The van der Waals surface area contributed by atoms with Crippen molar-refractivity contribution < 1.29 is 9.15 Å². The van der Waals surface area contributed by atoms with E-state index in [1.165, 1.54) is 5.56 Å². The molecular weight excluding hydrogens is 224 g/mol. The van der Waals surface area contributed by atoms with E-state index in [-0.39, 0.29) is 0 Å². The highest BCUT2D eigenvalue weighted by Gasteiger charge is 2.11. The van der Waals surface area contributed by atoms with Crippen LogP contribution >= 0.6 is 0 Å². The van der Waals surface area contributed by atoms with Crippen molar-refractivity contribution >= 4 is 11.0 Å². The molecule has 3 aromatic rings. The first-order chi connectivity index (χ1) is 8.79. The Labute approximate surface area is 106 Å². The highest BCUT2D eigenvalue weighted by atomic mass is 16.5. The molecule has 0 fully saturated rings. The van der Waals surface area contributed by atoms with Crippen molar-refractivity contribution in [2.45, 2.75) is 6.92 Å². The fourth-order valence-corrected chi connectivity index (χ4v) is 2.15. The lowest BCUT2D eigenvalue weighted by atomic mass is 10.0. The minimum absolute atomic E-state index is 0.769. The van der Waals surface area contributed by atoms with Gasteiger partial charge in [-0.2, -0.15) is 0 Å². The number of methoxy groups -OCH3 is 1. The summed E-state index contributed by atoms with van der Waals surface area (Å²) in [5.74, 6) is 0.769. The van der Waals surface area contributed by atoms with Crippen LogP contribution in [-0.2, 0) is 0 Å². The van der Waals surface area contributed by atoms with Crippen molar-refractivity contribution in [1.29, 1.82) is 0 Å². The van der Waals surface area contributed by atoms with E-state index in [0.717, 1.165) is 27.8 Å². The van der Waals surface area contributed by atoms with Gasteiger partial charge in [-0.05, 0) is 18.6 Å². The monoisotopic (exact) mass is 238 g/mol. The second kappa shape index (κ2) is 4.22. The van der Waals surface area contributed by atoms with Crippen LogP contribution in [0.5, 0.6) is 5.75 Å². The zero-order valence-electron chi connectivity index (χ0n) is 10.4. The molecule has 2 nitrogen and oxygen atoms in total. The molecule has 0 spiro atoms. The van der Waals surface area contributed by atoms with Crippen LogP contribution in [0.3, 0.4) is 0 Å². The number of rotatable bonds is 2. The molecule has 0 amide bonds. The molecule has 0 aliphatic heterocycles. The van der Waals surface area contributed by atoms with Gasteiger partial charge in [0.15, 0.2) is 11.3 Å². The summed E-state index contributed by atoms with van der Waals surface area (Å²) in [5, 5.41) is 1.08. The predicted octanol–water partition coefficient (Wildman–Crippen LogP) is 4.42. The number of hydrogen-bond donors (Lipinski definition) is 0. The molecule has 0 bridgehead atoms. The van der Waals surface area contributed by atoms with Crippen molar-refractivity contribution in [3.05, 3.63) is 54.3 Å². The van der Waals surface area contributed by atoms with Gasteiger partial charge in [-0.1, -0.05) is 42.0 Å². The number of aryl methyl sites for hydroxylation is 1. The lowest BCUT2D eigenvalue weighted by molar-refractivity contribution is 0.410. The van der Waals surface area contributed by atoms with Gasteiger partial charge in [0.25, 0.3) is 0 Å². The van der Waals surface area contributed by atoms with Gasteiger partial charge >= 0.3 is 0 Å². The molecule has 90 valence electrons. The van der Waals surface area contributed by atoms with Gasteiger partial charge in [-0.15, -0.1) is 0 Å². The lowest BCUT2D eigenvalue weighted by Crippen LogP contribution is -1.82. The third-order valence-electron chi connectivity index (χ3n) is 3.15. The topological polar surface area (TPSA) is 22.4 Å². The second-order valence-corrected chi connectivity index (χ2v) is 4.35. The summed E-state index contributed by atoms with van der Waals surface area (Å²) in [6.45, 7) is 2.08. The van der Waals surface area contributed by atoms with Crippen molar-refractivity contribution in [1.82, 2.24) is 0 Å². The molecule has 0 saturated heterocycles. The molecule has 0 atom stereocenters. The van der Waals surface area contributed by atoms with Crippen molar-refractivity contribution in [2.75, 3.05) is 7.11 Å². The first-order valence-electron chi connectivity index (χ1n) is 5.91. The summed E-state index contributed by atoms with van der Waals surface area (Å²) < 4.78 is 10.9. The Morgan fingerprint density at radius 1 is 1.00 bits per heavy atom. The standard InChI is InChI=1S/C16H14O2/c1-11-6-8-12(9-7-11)14-10-18-16-13(14)4-3-5-15(16)17-2/h3-10H,1-2H3. The Bertz CT molecular complexity index is 678. The number of furan rings is 1. The van der Waals surface area contributed by atoms with Gasteiger partial charge in [0.05, 0.1) is 13.4 Å². The normalized spacial score (nSPS) is 10.8. The Hall–Kier alpha value is -2.22. The Morgan fingerprint density at radius 2 is 1.78 bits per heavy atom. The largest absolute Gasteiger partial charge is 0.493 e. The SMILES string of the molecule is COc1cccc2c(-c3ccc(C)cc3)coc12. The Balaban J connectivity index is 2.21. The lowest BCUT2D eigenvalue weighted by Gasteiger charge is -2.01. The van der Waals surface area contributed by atoms with Crippen LogP contribution in [0.2, 0.25) is 0 Å². The van der Waals surface area contributed by atoms with E-state index in [2.05, 4.69) is 37.3 Å². The molecule has 0 unspecified atom stereocenters. The first kappa shape index (κ1) is 10.9. The quantitative estimate of drug-likeness (QED) is 0.659. The van der Waals surface area contributed by atoms with E-state index >= 15 is 0 Å². The van der Waals surface area contributed by atoms with Gasteiger partial charge in [-0.3, -0.25) is 0 Å². The van der Waals surface area contributed by atoms with E-state index in [9.17, 15) is 0 Å². The Kier molecular flexibility index (Phi) is 2.56. The van der Waals surface area contributed by atoms with Crippen LogP contribution in [-0.4, -0.2) is 7.11 Å². The molecule has 1 heterocycles. The van der Waals surface area contributed by atoms with E-state index < -0.39 is 0 Å². The zero-order chi connectivity index (χ0) is 12.5. The molecule has 18 heavy (non-hydrogen) atoms. The molecule has 0 saturated carbocycles. The van der Waals surface area contributed by atoms with E-state index in [1.807, 2.05) is 12.1 Å². The number of hydrogen-bond acceptors (Lipinski definition) is 2. The molecule has 0 aliphatic carbocycles. The van der Waals surface area contributed by atoms with Crippen molar-refractivity contribution in [3.63, 3.8) is 0 Å². The van der Waals surface area contributed by atoms with Crippen LogP contribution in [0, 0.1) is 6.92 Å². The number of ether oxygens (including phenoxy) is 1. The molecular formula is C16H14O2. The van der Waals surface area contributed by atoms with Crippen molar-refractivity contribution in [3.8, 4) is 16.9 Å². The summed E-state index contributed by atoms with van der Waals surface area (Å²) >= 11 is 0. The van der Waals surface area contributed by atoms with E-state index in [1.54, 1.807) is 13.4 Å². The highest BCUT2D eigenvalue weighted by Crippen LogP contribution is 2.35. The maximum atomic E-state index is 5.63. The maximum Gasteiger partial charge on any atom is 0.176 e. The smallest absolute Gasteiger partial charge is 0.176 e. The van der Waals surface area contributed by atoms with E-state index in [0.29, 0.717) is 0 Å². The van der Waals surface area contributed by atoms with Gasteiger partial charge in [0.2, 0.25) is 0 Å². The third kappa shape index (κ3) is 1.66. The number of fused-ring (bicyclic) bond motifs is 1. The Morgan fingerprint density at radius 3 is 2.50 bits per heavy atom. The summed E-state index contributed by atoms with van der Waals surface area (Å²) in [7, 11) is 1.66. The summed E-state index contributed by atoms with van der Waals surface area (Å²) in [5.41, 5.74) is 4.32. The molecule has 3 rings (SSSR count). The van der Waals surface area contributed by atoms with Crippen LogP contribution in [0.25, 0.3) is 22.1 Å². The minimum atomic E-state index is 0.769. The molecule has 2 heteroatoms. The number of para-hydroxylation sites is 1. The van der Waals surface area contributed by atoms with Crippen LogP contribution in [0.15, 0.2) is 53.1 Å². The van der Waals surface area contributed by atoms with Gasteiger partial charge in [0, 0.05) is 10.9 Å². The molecule has 0 N–H and O–H groups in total. The highest BCUT2D eigenvalue weighted by molar-refractivity contribution is 5.96. The van der Waals surface area contributed by atoms with Crippen LogP contribution < -0.4 is 4.74 Å². The number of benzene rings is 2. The fraction of sp³-hybridized carbons (Fsp3) is 0.125. The third-order valence-corrected chi connectivity index (χ3v) is 3.15. The predicted molar refractivity (Wildman–Crippen MR) is 72.9 cm³/mol. The second-order valence-electron chi connectivity index (χ2n) is 4.35. The van der Waals surface area contributed by atoms with Gasteiger partial charge in [-0.25, -0.2) is 0 Å².